The van der Waals surface area contributed by atoms with E-state index in [4.69, 9.17) is 0 Å². The fourth-order valence-electron chi connectivity index (χ4n) is 1.29. The lowest BCUT2D eigenvalue weighted by Gasteiger charge is -2.06. The fraction of sp³-hybridized carbons (Fsp3) is 0.300. The number of rotatable bonds is 4. The molecule has 0 amide bonds. The Balaban J connectivity index is 3.22. The van der Waals surface area contributed by atoms with Gasteiger partial charge in [0.05, 0.1) is 18.5 Å². The number of nitro benzene ring substituents is 1. The quantitative estimate of drug-likeness (QED) is 0.370. The summed E-state index contributed by atoms with van der Waals surface area (Å²) < 4.78 is 18.1. The molecule has 92 valence electrons. The van der Waals surface area contributed by atoms with Crippen LogP contribution in [0.3, 0.4) is 0 Å². The van der Waals surface area contributed by atoms with Crippen LogP contribution in [0, 0.1) is 15.9 Å². The van der Waals surface area contributed by atoms with Crippen molar-refractivity contribution in [1.29, 1.82) is 0 Å². The number of esters is 1. The number of hydrogen-bond acceptors (Lipinski definition) is 4. The van der Waals surface area contributed by atoms with Gasteiger partial charge in [0.25, 0.3) is 5.69 Å². The molecule has 1 aromatic rings. The van der Waals surface area contributed by atoms with E-state index in [0.717, 1.165) is 12.1 Å². The zero-order valence-corrected chi connectivity index (χ0v) is 10.5. The van der Waals surface area contributed by atoms with Gasteiger partial charge in [-0.25, -0.2) is 4.39 Å². The van der Waals surface area contributed by atoms with Gasteiger partial charge in [-0.15, -0.1) is 0 Å². The molecule has 5 nitrogen and oxygen atoms in total. The second-order valence-corrected chi connectivity index (χ2v) is 3.78. The highest BCUT2D eigenvalue weighted by atomic mass is 79.9. The molecular formula is C10H9BrFNO4. The minimum Gasteiger partial charge on any atom is -0.469 e. The molecule has 0 aliphatic heterocycles. The third kappa shape index (κ3) is 3.23. The molecule has 1 rings (SSSR count). The number of alkyl halides is 1. The molecule has 7 heteroatoms. The van der Waals surface area contributed by atoms with Crippen molar-refractivity contribution < 1.29 is 18.8 Å². The highest BCUT2D eigenvalue weighted by Gasteiger charge is 2.18. The number of methoxy groups -OCH3 is 1. The van der Waals surface area contributed by atoms with Gasteiger partial charge >= 0.3 is 5.97 Å². The fourth-order valence-corrected chi connectivity index (χ4v) is 1.70. The van der Waals surface area contributed by atoms with Gasteiger partial charge < -0.3 is 4.74 Å². The van der Waals surface area contributed by atoms with Crippen LogP contribution in [0.1, 0.15) is 11.1 Å². The summed E-state index contributed by atoms with van der Waals surface area (Å²) in [4.78, 5) is 21.1. The lowest BCUT2D eigenvalue weighted by atomic mass is 10.1. The minimum atomic E-state index is -0.648. The molecule has 0 radical (unpaired) electrons. The predicted octanol–water partition coefficient (Wildman–Crippen LogP) is 2.34. The van der Waals surface area contributed by atoms with Crippen LogP contribution in [0.2, 0.25) is 0 Å². The van der Waals surface area contributed by atoms with Crippen molar-refractivity contribution in [3.8, 4) is 0 Å². The van der Waals surface area contributed by atoms with E-state index in [1.807, 2.05) is 0 Å². The summed E-state index contributed by atoms with van der Waals surface area (Å²) in [6.45, 7) is 0. The van der Waals surface area contributed by atoms with Gasteiger partial charge in [0, 0.05) is 28.6 Å². The smallest absolute Gasteiger partial charge is 0.310 e. The molecule has 0 fully saturated rings. The Morgan fingerprint density at radius 2 is 2.12 bits per heavy atom. The standard InChI is InChI=1S/C10H9BrFNO4/c1-17-9(14)4-6-2-8(13(15)16)3-7(5-11)10(6)12/h2-3H,4-5H2,1H3. The Labute approximate surface area is 105 Å². The van der Waals surface area contributed by atoms with E-state index >= 15 is 0 Å². The number of nitro groups is 1. The average molecular weight is 306 g/mol. The van der Waals surface area contributed by atoms with Crippen molar-refractivity contribution in [2.24, 2.45) is 0 Å². The van der Waals surface area contributed by atoms with Crippen LogP contribution in [0.15, 0.2) is 12.1 Å². The largest absolute Gasteiger partial charge is 0.469 e. The number of carbonyl (C=O) groups is 1. The first-order valence-corrected chi connectivity index (χ1v) is 5.70. The summed E-state index contributed by atoms with van der Waals surface area (Å²) in [6, 6.07) is 2.17. The summed E-state index contributed by atoms with van der Waals surface area (Å²) in [6.07, 6.45) is -0.329. The van der Waals surface area contributed by atoms with E-state index in [9.17, 15) is 19.3 Å². The van der Waals surface area contributed by atoms with Crippen LogP contribution in [0.25, 0.3) is 0 Å². The highest BCUT2D eigenvalue weighted by molar-refractivity contribution is 9.08. The first-order chi connectivity index (χ1) is 7.99. The Morgan fingerprint density at radius 1 is 1.53 bits per heavy atom. The zero-order valence-electron chi connectivity index (χ0n) is 8.91. The maximum absolute atomic E-state index is 13.8. The maximum atomic E-state index is 13.8. The summed E-state index contributed by atoms with van der Waals surface area (Å²) >= 11 is 3.03. The van der Waals surface area contributed by atoms with Crippen molar-refractivity contribution in [2.45, 2.75) is 11.8 Å². The predicted molar refractivity (Wildman–Crippen MR) is 61.4 cm³/mol. The van der Waals surface area contributed by atoms with Crippen LogP contribution in [-0.2, 0) is 21.3 Å². The number of halogens is 2. The van der Waals surface area contributed by atoms with Crippen molar-refractivity contribution in [1.82, 2.24) is 0 Å². The molecule has 0 atom stereocenters. The Kier molecular flexibility index (Phi) is 4.56. The summed E-state index contributed by atoms with van der Waals surface area (Å²) in [5.41, 5.74) is -0.154. The molecule has 0 aromatic heterocycles. The molecule has 1 aromatic carbocycles. The minimum absolute atomic E-state index is 0.0412. The molecule has 0 bridgehead atoms. The van der Waals surface area contributed by atoms with Crippen LogP contribution in [0.5, 0.6) is 0 Å². The van der Waals surface area contributed by atoms with Crippen LogP contribution < -0.4 is 0 Å². The normalized spacial score (nSPS) is 10.1. The first-order valence-electron chi connectivity index (χ1n) is 4.58. The molecule has 0 aliphatic rings. The second-order valence-electron chi connectivity index (χ2n) is 3.22. The first kappa shape index (κ1) is 13.6. The summed E-state index contributed by atoms with van der Waals surface area (Å²) in [7, 11) is 1.17. The summed E-state index contributed by atoms with van der Waals surface area (Å²) in [5.74, 6) is -1.28. The Hall–Kier alpha value is -1.50. The van der Waals surface area contributed by atoms with E-state index in [0.29, 0.717) is 0 Å². The summed E-state index contributed by atoms with van der Waals surface area (Å²) in [5, 5.41) is 10.8. The third-order valence-electron chi connectivity index (χ3n) is 2.13. The molecular weight excluding hydrogens is 297 g/mol. The molecule has 0 saturated heterocycles. The van der Waals surface area contributed by atoms with Crippen molar-refractivity contribution in [3.63, 3.8) is 0 Å². The van der Waals surface area contributed by atoms with Gasteiger partial charge in [0.15, 0.2) is 0 Å². The van der Waals surface area contributed by atoms with E-state index in [-0.39, 0.29) is 28.6 Å². The topological polar surface area (TPSA) is 69.4 Å². The third-order valence-corrected chi connectivity index (χ3v) is 2.73. The SMILES string of the molecule is COC(=O)Cc1cc([N+](=O)[O-])cc(CBr)c1F. The number of non-ortho nitro benzene ring substituents is 1. The lowest BCUT2D eigenvalue weighted by Crippen LogP contribution is -2.08. The number of ether oxygens (including phenoxy) is 1. The second kappa shape index (κ2) is 5.72. The monoisotopic (exact) mass is 305 g/mol. The zero-order chi connectivity index (χ0) is 13.0. The van der Waals surface area contributed by atoms with Crippen LogP contribution in [-0.4, -0.2) is 18.0 Å². The van der Waals surface area contributed by atoms with Gasteiger partial charge in [0.1, 0.15) is 5.82 Å². The number of nitrogens with zero attached hydrogens (tertiary/aromatic N) is 1. The van der Waals surface area contributed by atoms with Gasteiger partial charge in [-0.2, -0.15) is 0 Å². The molecule has 0 heterocycles. The van der Waals surface area contributed by atoms with E-state index in [1.54, 1.807) is 0 Å². The highest BCUT2D eigenvalue weighted by Crippen LogP contribution is 2.23. The van der Waals surface area contributed by atoms with Gasteiger partial charge in [-0.3, -0.25) is 14.9 Å². The lowest BCUT2D eigenvalue weighted by molar-refractivity contribution is -0.385. The van der Waals surface area contributed by atoms with Crippen LogP contribution in [0.4, 0.5) is 10.1 Å². The molecule has 0 saturated carbocycles. The van der Waals surface area contributed by atoms with E-state index in [2.05, 4.69) is 20.7 Å². The molecule has 0 aliphatic carbocycles. The van der Waals surface area contributed by atoms with E-state index < -0.39 is 16.7 Å². The van der Waals surface area contributed by atoms with E-state index in [1.165, 1.54) is 7.11 Å². The van der Waals surface area contributed by atoms with Gasteiger partial charge in [-0.05, 0) is 0 Å². The van der Waals surface area contributed by atoms with Crippen molar-refractivity contribution in [2.75, 3.05) is 7.11 Å². The maximum Gasteiger partial charge on any atom is 0.310 e. The Morgan fingerprint density at radius 3 is 2.59 bits per heavy atom. The number of benzene rings is 1. The molecule has 0 spiro atoms. The average Bonchev–Trinajstić information content (AvgIpc) is 2.31. The van der Waals surface area contributed by atoms with Gasteiger partial charge in [-0.1, -0.05) is 15.9 Å². The number of carbonyl (C=O) groups excluding carboxylic acids is 1. The van der Waals surface area contributed by atoms with Crippen molar-refractivity contribution in [3.05, 3.63) is 39.2 Å². The van der Waals surface area contributed by atoms with Crippen molar-refractivity contribution >= 4 is 27.6 Å². The number of hydrogen-bond donors (Lipinski definition) is 0. The van der Waals surface area contributed by atoms with Crippen LogP contribution >= 0.6 is 15.9 Å². The van der Waals surface area contributed by atoms with Gasteiger partial charge in [0.2, 0.25) is 0 Å². The molecule has 17 heavy (non-hydrogen) atoms. The Bertz CT molecular complexity index is 464. The molecule has 0 unspecified atom stereocenters. The molecule has 0 N–H and O–H groups in total.